The van der Waals surface area contributed by atoms with Gasteiger partial charge < -0.3 is 5.73 Å². The van der Waals surface area contributed by atoms with E-state index in [9.17, 15) is 0 Å². The van der Waals surface area contributed by atoms with Crippen molar-refractivity contribution in [3.8, 4) is 0 Å². The number of nitrogens with zero attached hydrogens (tertiary/aromatic N) is 2. The maximum atomic E-state index is 6.14. The highest BCUT2D eigenvalue weighted by atomic mass is 15.3. The molecule has 0 amide bonds. The summed E-state index contributed by atoms with van der Waals surface area (Å²) in [4.78, 5) is 0. The minimum atomic E-state index is 0.151. The molecule has 1 atom stereocenters. The van der Waals surface area contributed by atoms with E-state index in [4.69, 9.17) is 5.73 Å². The van der Waals surface area contributed by atoms with Crippen molar-refractivity contribution in [2.45, 2.75) is 64.3 Å². The molecule has 2 N–H and O–H groups in total. The molecule has 0 spiro atoms. The van der Waals surface area contributed by atoms with Crippen LogP contribution >= 0.6 is 0 Å². The highest BCUT2D eigenvalue weighted by molar-refractivity contribution is 5.05. The minimum Gasteiger partial charge on any atom is -0.323 e. The largest absolute Gasteiger partial charge is 0.323 e. The lowest BCUT2D eigenvalue weighted by molar-refractivity contribution is 0.520. The van der Waals surface area contributed by atoms with Gasteiger partial charge in [0.1, 0.15) is 0 Å². The topological polar surface area (TPSA) is 43.8 Å². The van der Waals surface area contributed by atoms with Gasteiger partial charge in [-0.3, -0.25) is 4.68 Å². The highest BCUT2D eigenvalue weighted by Gasteiger charge is 2.08. The third-order valence-corrected chi connectivity index (χ3v) is 3.36. The summed E-state index contributed by atoms with van der Waals surface area (Å²) in [6.07, 6.45) is 12.3. The molecule has 17 heavy (non-hydrogen) atoms. The summed E-state index contributed by atoms with van der Waals surface area (Å²) in [6, 6.07) is 2.17. The average molecular weight is 237 g/mol. The van der Waals surface area contributed by atoms with E-state index in [1.54, 1.807) is 0 Å². The summed E-state index contributed by atoms with van der Waals surface area (Å²) in [7, 11) is 1.96. The summed E-state index contributed by atoms with van der Waals surface area (Å²) >= 11 is 0. The fourth-order valence-electron chi connectivity index (χ4n) is 2.22. The molecule has 0 fully saturated rings. The van der Waals surface area contributed by atoms with Gasteiger partial charge in [0.05, 0.1) is 5.69 Å². The van der Waals surface area contributed by atoms with Crippen LogP contribution in [0.15, 0.2) is 12.3 Å². The zero-order valence-electron chi connectivity index (χ0n) is 11.4. The number of aryl methyl sites for hydroxylation is 1. The van der Waals surface area contributed by atoms with Crippen LogP contribution in [0, 0.1) is 0 Å². The normalized spacial score (nSPS) is 12.9. The Morgan fingerprint density at radius 1 is 1.18 bits per heavy atom. The molecule has 0 aromatic carbocycles. The molecule has 1 unspecified atom stereocenters. The third-order valence-electron chi connectivity index (χ3n) is 3.36. The Bertz CT molecular complexity index is 293. The Morgan fingerprint density at radius 3 is 2.41 bits per heavy atom. The minimum absolute atomic E-state index is 0.151. The zero-order chi connectivity index (χ0) is 12.5. The highest BCUT2D eigenvalue weighted by Crippen LogP contribution is 2.17. The van der Waals surface area contributed by atoms with Crippen molar-refractivity contribution in [3.05, 3.63) is 18.0 Å². The van der Waals surface area contributed by atoms with E-state index < -0.39 is 0 Å². The maximum absolute atomic E-state index is 6.14. The average Bonchev–Trinajstić information content (AvgIpc) is 2.74. The molecular weight excluding hydrogens is 210 g/mol. The molecule has 1 aromatic rings. The van der Waals surface area contributed by atoms with Gasteiger partial charge in [-0.05, 0) is 12.5 Å². The Hall–Kier alpha value is -0.830. The smallest absolute Gasteiger partial charge is 0.0548 e. The van der Waals surface area contributed by atoms with Gasteiger partial charge in [-0.15, -0.1) is 0 Å². The van der Waals surface area contributed by atoms with Crippen molar-refractivity contribution in [2.24, 2.45) is 12.8 Å². The van der Waals surface area contributed by atoms with Gasteiger partial charge in [-0.1, -0.05) is 51.9 Å². The van der Waals surface area contributed by atoms with E-state index in [1.807, 2.05) is 24.0 Å². The Balaban J connectivity index is 2.05. The Labute approximate surface area is 105 Å². The van der Waals surface area contributed by atoms with Crippen molar-refractivity contribution in [1.82, 2.24) is 9.78 Å². The van der Waals surface area contributed by atoms with Crippen molar-refractivity contribution in [2.75, 3.05) is 0 Å². The number of aromatic nitrogens is 2. The van der Waals surface area contributed by atoms with Crippen LogP contribution < -0.4 is 5.73 Å². The van der Waals surface area contributed by atoms with E-state index in [1.165, 1.54) is 44.9 Å². The van der Waals surface area contributed by atoms with Crippen LogP contribution in [0.1, 0.15) is 70.0 Å². The fourth-order valence-corrected chi connectivity index (χ4v) is 2.22. The molecule has 0 bridgehead atoms. The first-order valence-electron chi connectivity index (χ1n) is 6.99. The molecule has 0 saturated carbocycles. The molecule has 98 valence electrons. The van der Waals surface area contributed by atoms with Crippen LogP contribution in [-0.4, -0.2) is 9.78 Å². The molecule has 0 aliphatic carbocycles. The zero-order valence-corrected chi connectivity index (χ0v) is 11.4. The van der Waals surface area contributed by atoms with Gasteiger partial charge in [0.2, 0.25) is 0 Å². The van der Waals surface area contributed by atoms with Crippen molar-refractivity contribution < 1.29 is 0 Å². The van der Waals surface area contributed by atoms with Crippen LogP contribution in [0.2, 0.25) is 0 Å². The monoisotopic (exact) mass is 237 g/mol. The molecule has 0 saturated heterocycles. The molecule has 0 radical (unpaired) electrons. The van der Waals surface area contributed by atoms with Crippen molar-refractivity contribution >= 4 is 0 Å². The van der Waals surface area contributed by atoms with Crippen LogP contribution in [0.4, 0.5) is 0 Å². The second kappa shape index (κ2) is 8.29. The van der Waals surface area contributed by atoms with Gasteiger partial charge in [-0.2, -0.15) is 5.10 Å². The number of rotatable bonds is 9. The lowest BCUT2D eigenvalue weighted by Gasteiger charge is -2.11. The van der Waals surface area contributed by atoms with Crippen molar-refractivity contribution in [3.63, 3.8) is 0 Å². The third kappa shape index (κ3) is 5.35. The van der Waals surface area contributed by atoms with E-state index in [0.29, 0.717) is 0 Å². The molecule has 1 heterocycles. The first-order chi connectivity index (χ1) is 8.25. The van der Waals surface area contributed by atoms with Crippen LogP contribution in [0.5, 0.6) is 0 Å². The molecule has 1 aromatic heterocycles. The maximum Gasteiger partial charge on any atom is 0.0548 e. The summed E-state index contributed by atoms with van der Waals surface area (Å²) in [5.41, 5.74) is 7.29. The predicted molar refractivity (Wildman–Crippen MR) is 72.7 cm³/mol. The lowest BCUT2D eigenvalue weighted by Crippen LogP contribution is -2.14. The summed E-state index contributed by atoms with van der Waals surface area (Å²) in [5.74, 6) is 0. The van der Waals surface area contributed by atoms with Gasteiger partial charge in [0.15, 0.2) is 0 Å². The first-order valence-corrected chi connectivity index (χ1v) is 6.99. The number of unbranched alkanes of at least 4 members (excludes halogenated alkanes) is 6. The first kappa shape index (κ1) is 14.2. The summed E-state index contributed by atoms with van der Waals surface area (Å²) in [5, 5.41) is 4.15. The van der Waals surface area contributed by atoms with Crippen LogP contribution in [0.3, 0.4) is 0 Å². The second-order valence-corrected chi connectivity index (χ2v) is 4.90. The summed E-state index contributed by atoms with van der Waals surface area (Å²) in [6.45, 7) is 2.26. The van der Waals surface area contributed by atoms with E-state index in [-0.39, 0.29) is 6.04 Å². The van der Waals surface area contributed by atoms with Gasteiger partial charge >= 0.3 is 0 Å². The lowest BCUT2D eigenvalue weighted by atomic mass is 10.0. The molecular formula is C14H27N3. The molecule has 0 aliphatic rings. The number of hydrogen-bond donors (Lipinski definition) is 1. The van der Waals surface area contributed by atoms with Gasteiger partial charge in [-0.25, -0.2) is 0 Å². The van der Waals surface area contributed by atoms with Crippen LogP contribution in [-0.2, 0) is 7.05 Å². The van der Waals surface area contributed by atoms with E-state index in [0.717, 1.165) is 12.1 Å². The predicted octanol–water partition coefficient (Wildman–Crippen LogP) is 3.56. The quantitative estimate of drug-likeness (QED) is 0.667. The second-order valence-electron chi connectivity index (χ2n) is 4.90. The summed E-state index contributed by atoms with van der Waals surface area (Å²) < 4.78 is 1.88. The molecule has 3 nitrogen and oxygen atoms in total. The SMILES string of the molecule is CCCCCCCCCC(N)c1ccnn1C. The fraction of sp³-hybridized carbons (Fsp3) is 0.786. The number of nitrogens with two attached hydrogens (primary N) is 1. The number of hydrogen-bond acceptors (Lipinski definition) is 2. The molecule has 0 aliphatic heterocycles. The van der Waals surface area contributed by atoms with E-state index >= 15 is 0 Å². The van der Waals surface area contributed by atoms with Crippen LogP contribution in [0.25, 0.3) is 0 Å². The molecule has 1 rings (SSSR count). The van der Waals surface area contributed by atoms with E-state index in [2.05, 4.69) is 12.0 Å². The standard InChI is InChI=1S/C14H27N3/c1-3-4-5-6-7-8-9-10-13(15)14-11-12-16-17(14)2/h11-13H,3-10,15H2,1-2H3. The molecule has 3 heteroatoms. The van der Waals surface area contributed by atoms with Gasteiger partial charge in [0.25, 0.3) is 0 Å². The van der Waals surface area contributed by atoms with Crippen molar-refractivity contribution in [1.29, 1.82) is 0 Å². The van der Waals surface area contributed by atoms with Gasteiger partial charge in [0, 0.05) is 19.3 Å². The Morgan fingerprint density at radius 2 is 1.82 bits per heavy atom. The Kier molecular flexibility index (Phi) is 6.94.